The van der Waals surface area contributed by atoms with Crippen molar-refractivity contribution in [1.29, 1.82) is 0 Å². The molecule has 3 atom stereocenters. The first-order chi connectivity index (χ1) is 12.6. The summed E-state index contributed by atoms with van der Waals surface area (Å²) in [5.41, 5.74) is 4.39. The van der Waals surface area contributed by atoms with Gasteiger partial charge < -0.3 is 16.4 Å². The summed E-state index contributed by atoms with van der Waals surface area (Å²) in [7, 11) is 0. The zero-order valence-corrected chi connectivity index (χ0v) is 19.4. The van der Waals surface area contributed by atoms with Crippen LogP contribution in [0.25, 0.3) is 0 Å². The van der Waals surface area contributed by atoms with Crippen LogP contribution >= 0.6 is 0 Å². The van der Waals surface area contributed by atoms with E-state index in [1.54, 1.807) is 0 Å². The average Bonchev–Trinajstić information content (AvgIpc) is 2.51. The monoisotopic (exact) mass is 397 g/mol. The van der Waals surface area contributed by atoms with Gasteiger partial charge in [0.25, 0.3) is 0 Å². The van der Waals surface area contributed by atoms with Crippen LogP contribution in [0, 0.1) is 23.2 Å². The zero-order valence-electron chi connectivity index (χ0n) is 19.4. The Morgan fingerprint density at radius 3 is 1.89 bits per heavy atom. The second kappa shape index (κ2) is 10.9. The maximum Gasteiger partial charge on any atom is 0.312 e. The predicted octanol–water partition coefficient (Wildman–Crippen LogP) is 3.67. The van der Waals surface area contributed by atoms with Gasteiger partial charge in [-0.15, -0.1) is 0 Å². The van der Waals surface area contributed by atoms with Crippen molar-refractivity contribution in [3.63, 3.8) is 0 Å². The van der Waals surface area contributed by atoms with Crippen molar-refractivity contribution in [3.8, 4) is 0 Å². The summed E-state index contributed by atoms with van der Waals surface area (Å²) >= 11 is 0. The van der Waals surface area contributed by atoms with Gasteiger partial charge in [0.15, 0.2) is 5.78 Å². The van der Waals surface area contributed by atoms with Gasteiger partial charge in [-0.3, -0.25) is 9.59 Å². The Bertz CT molecular complexity index is 530. The highest BCUT2D eigenvalue weighted by atomic mass is 16.2. The lowest BCUT2D eigenvalue weighted by atomic mass is 9.76. The van der Waals surface area contributed by atoms with E-state index in [2.05, 4.69) is 31.4 Å². The molecule has 6 nitrogen and oxygen atoms in total. The molecule has 0 bridgehead atoms. The van der Waals surface area contributed by atoms with Crippen LogP contribution in [-0.2, 0) is 9.59 Å². The Labute approximate surface area is 171 Å². The summed E-state index contributed by atoms with van der Waals surface area (Å²) in [6.07, 6.45) is 1.39. The van der Waals surface area contributed by atoms with Crippen molar-refractivity contribution < 1.29 is 14.4 Å². The Morgan fingerprint density at radius 2 is 1.50 bits per heavy atom. The second-order valence-corrected chi connectivity index (χ2v) is 10.4. The summed E-state index contributed by atoms with van der Waals surface area (Å²) in [4.78, 5) is 37.1. The highest BCUT2D eigenvalue weighted by Gasteiger charge is 2.35. The average molecular weight is 398 g/mol. The van der Waals surface area contributed by atoms with Gasteiger partial charge in [0.2, 0.25) is 0 Å². The van der Waals surface area contributed by atoms with Crippen molar-refractivity contribution in [2.45, 2.75) is 93.2 Å². The quantitative estimate of drug-likeness (QED) is 0.463. The first-order valence-corrected chi connectivity index (χ1v) is 10.4. The number of rotatable bonds is 11. The molecule has 0 aliphatic rings. The van der Waals surface area contributed by atoms with Crippen molar-refractivity contribution >= 4 is 17.6 Å². The standard InChI is InChI=1S/C22H43N3O3/c1-14(2)15(3)18(25-22(7,8)9)17(26)13-16(19(27)21(4,5)6)11-10-12-24-20(23)28/h14-16,18,25H,10-13H2,1-9H3,(H3,23,24,28). The molecule has 0 rings (SSSR count). The molecule has 0 aromatic heterocycles. The van der Waals surface area contributed by atoms with Crippen LogP contribution in [0.15, 0.2) is 0 Å². The molecule has 0 saturated carbocycles. The number of amides is 2. The summed E-state index contributed by atoms with van der Waals surface area (Å²) in [6.45, 7) is 18.5. The molecule has 164 valence electrons. The van der Waals surface area contributed by atoms with E-state index in [1.165, 1.54) is 0 Å². The fraction of sp³-hybridized carbons (Fsp3) is 0.864. The highest BCUT2D eigenvalue weighted by Crippen LogP contribution is 2.28. The molecule has 4 N–H and O–H groups in total. The molecule has 3 unspecified atom stereocenters. The number of hydrogen-bond acceptors (Lipinski definition) is 4. The Morgan fingerprint density at radius 1 is 0.964 bits per heavy atom. The summed E-state index contributed by atoms with van der Waals surface area (Å²) < 4.78 is 0. The van der Waals surface area contributed by atoms with Crippen molar-refractivity contribution in [3.05, 3.63) is 0 Å². The number of primary amides is 1. The van der Waals surface area contributed by atoms with E-state index in [0.29, 0.717) is 25.3 Å². The third-order valence-electron chi connectivity index (χ3n) is 5.10. The van der Waals surface area contributed by atoms with Gasteiger partial charge in [-0.05, 0) is 45.4 Å². The zero-order chi connectivity index (χ0) is 22.3. The SMILES string of the molecule is CC(C)C(C)C(NC(C)(C)C)C(=O)CC(CCCNC(N)=O)C(=O)C(C)(C)C. The number of carbonyl (C=O) groups is 3. The van der Waals surface area contributed by atoms with Gasteiger partial charge in [-0.2, -0.15) is 0 Å². The normalized spacial score (nSPS) is 15.8. The van der Waals surface area contributed by atoms with E-state index >= 15 is 0 Å². The molecule has 28 heavy (non-hydrogen) atoms. The highest BCUT2D eigenvalue weighted by molar-refractivity contribution is 5.92. The van der Waals surface area contributed by atoms with E-state index in [-0.39, 0.29) is 41.4 Å². The van der Waals surface area contributed by atoms with Crippen LogP contribution in [0.3, 0.4) is 0 Å². The Kier molecular flexibility index (Phi) is 10.4. The van der Waals surface area contributed by atoms with E-state index in [0.717, 1.165) is 0 Å². The van der Waals surface area contributed by atoms with E-state index in [9.17, 15) is 14.4 Å². The maximum atomic E-state index is 13.2. The minimum atomic E-state index is -0.574. The molecule has 0 aromatic rings. The molecular formula is C22H43N3O3. The van der Waals surface area contributed by atoms with E-state index in [1.807, 2.05) is 41.5 Å². The lowest BCUT2D eigenvalue weighted by Gasteiger charge is -2.34. The predicted molar refractivity (Wildman–Crippen MR) is 115 cm³/mol. The Balaban J connectivity index is 5.38. The maximum absolute atomic E-state index is 13.2. The van der Waals surface area contributed by atoms with Crippen LogP contribution in [0.5, 0.6) is 0 Å². The lowest BCUT2D eigenvalue weighted by Crippen LogP contribution is -2.52. The van der Waals surface area contributed by atoms with Crippen molar-refractivity contribution in [1.82, 2.24) is 10.6 Å². The minimum absolute atomic E-state index is 0.0848. The van der Waals surface area contributed by atoms with Gasteiger partial charge >= 0.3 is 6.03 Å². The fourth-order valence-electron chi connectivity index (χ4n) is 3.22. The molecule has 0 radical (unpaired) electrons. The van der Waals surface area contributed by atoms with Crippen molar-refractivity contribution in [2.75, 3.05) is 6.54 Å². The van der Waals surface area contributed by atoms with Crippen LogP contribution < -0.4 is 16.4 Å². The second-order valence-electron chi connectivity index (χ2n) is 10.4. The van der Waals surface area contributed by atoms with Crippen molar-refractivity contribution in [2.24, 2.45) is 28.9 Å². The van der Waals surface area contributed by atoms with Gasteiger partial charge in [0, 0.05) is 29.8 Å². The fourth-order valence-corrected chi connectivity index (χ4v) is 3.22. The third-order valence-corrected chi connectivity index (χ3v) is 5.10. The molecule has 0 aliphatic carbocycles. The van der Waals surface area contributed by atoms with Gasteiger partial charge in [-0.1, -0.05) is 41.5 Å². The molecule has 0 aromatic carbocycles. The lowest BCUT2D eigenvalue weighted by molar-refractivity contribution is -0.135. The number of Topliss-reactive ketones (excluding diaryl/α,β-unsaturated/α-hetero) is 2. The summed E-state index contributed by atoms with van der Waals surface area (Å²) in [6, 6.07) is -0.867. The summed E-state index contributed by atoms with van der Waals surface area (Å²) in [5.74, 6) is 0.327. The van der Waals surface area contributed by atoms with Crippen LogP contribution in [0.4, 0.5) is 4.79 Å². The number of nitrogens with two attached hydrogens (primary N) is 1. The largest absolute Gasteiger partial charge is 0.352 e. The Hall–Kier alpha value is -1.43. The molecular weight excluding hydrogens is 354 g/mol. The minimum Gasteiger partial charge on any atom is -0.352 e. The molecule has 0 fully saturated rings. The first-order valence-electron chi connectivity index (χ1n) is 10.4. The topological polar surface area (TPSA) is 101 Å². The van der Waals surface area contributed by atoms with E-state index in [4.69, 9.17) is 5.73 Å². The first kappa shape index (κ1) is 26.6. The van der Waals surface area contributed by atoms with Gasteiger partial charge in [0.1, 0.15) is 5.78 Å². The number of carbonyl (C=O) groups excluding carboxylic acids is 3. The number of urea groups is 1. The van der Waals surface area contributed by atoms with Crippen LogP contribution in [0.1, 0.15) is 81.6 Å². The van der Waals surface area contributed by atoms with Gasteiger partial charge in [0.05, 0.1) is 6.04 Å². The smallest absolute Gasteiger partial charge is 0.312 e. The molecule has 6 heteroatoms. The molecule has 2 amide bonds. The van der Waals surface area contributed by atoms with Gasteiger partial charge in [-0.25, -0.2) is 4.79 Å². The molecule has 0 heterocycles. The molecule has 0 saturated heterocycles. The molecule has 0 spiro atoms. The summed E-state index contributed by atoms with van der Waals surface area (Å²) in [5, 5.41) is 6.02. The molecule has 0 aliphatic heterocycles. The van der Waals surface area contributed by atoms with Crippen LogP contribution in [0.2, 0.25) is 0 Å². The van der Waals surface area contributed by atoms with Crippen LogP contribution in [-0.4, -0.2) is 35.7 Å². The number of ketones is 2. The number of hydrogen-bond donors (Lipinski definition) is 3. The number of nitrogens with one attached hydrogen (secondary N) is 2. The van der Waals surface area contributed by atoms with E-state index < -0.39 is 11.4 Å². The third kappa shape index (κ3) is 10.2.